The van der Waals surface area contributed by atoms with Crippen molar-refractivity contribution in [2.75, 3.05) is 0 Å². The Kier molecular flexibility index (Phi) is 4.04. The molecule has 3 rings (SSSR count). The number of H-pyrrole nitrogens is 1. The van der Waals surface area contributed by atoms with E-state index >= 15 is 0 Å². The van der Waals surface area contributed by atoms with Crippen LogP contribution in [0, 0.1) is 11.3 Å². The normalized spacial score (nSPS) is 10.0. The Hall–Kier alpha value is -2.83. The molecule has 0 atom stereocenters. The summed E-state index contributed by atoms with van der Waals surface area (Å²) in [5.41, 5.74) is 2.12. The number of rotatable bonds is 3. The molecule has 1 aromatic heterocycles. The summed E-state index contributed by atoms with van der Waals surface area (Å²) in [6.45, 7) is 0. The monoisotopic (exact) mass is 307 g/mol. The van der Waals surface area contributed by atoms with Crippen molar-refractivity contribution in [2.45, 2.75) is 0 Å². The van der Waals surface area contributed by atoms with Crippen LogP contribution in [0.25, 0.3) is 11.1 Å². The summed E-state index contributed by atoms with van der Waals surface area (Å²) in [7, 11) is 0. The molecule has 1 N–H and O–H groups in total. The first-order chi connectivity index (χ1) is 10.8. The number of pyridine rings is 1. The smallest absolute Gasteiger partial charge is 0.187 e. The number of hydrogen-bond acceptors (Lipinski definition) is 2. The van der Waals surface area contributed by atoms with Gasteiger partial charge in [-0.3, -0.25) is 0 Å². The summed E-state index contributed by atoms with van der Waals surface area (Å²) in [5.74, 6) is 1.52. The van der Waals surface area contributed by atoms with Crippen molar-refractivity contribution in [3.05, 3.63) is 77.6 Å². The molecule has 0 bridgehead atoms. The Bertz CT molecular complexity index is 824. The maximum Gasteiger partial charge on any atom is 0.187 e. The summed E-state index contributed by atoms with van der Waals surface area (Å²) in [4.78, 5) is 2.94. The average molecular weight is 308 g/mol. The molecular weight excluding hydrogens is 296 g/mol. The van der Waals surface area contributed by atoms with Gasteiger partial charge in [-0.2, -0.15) is 5.26 Å². The Morgan fingerprint density at radius 3 is 2.27 bits per heavy atom. The Morgan fingerprint density at radius 1 is 0.909 bits per heavy atom. The van der Waals surface area contributed by atoms with Crippen molar-refractivity contribution in [2.24, 2.45) is 0 Å². The van der Waals surface area contributed by atoms with E-state index in [4.69, 9.17) is 16.3 Å². The van der Waals surface area contributed by atoms with Crippen LogP contribution in [0.2, 0.25) is 5.02 Å². The Labute approximate surface area is 133 Å². The van der Waals surface area contributed by atoms with Gasteiger partial charge in [0.1, 0.15) is 22.6 Å². The quantitative estimate of drug-likeness (QED) is 0.716. The number of nitrogens with zero attached hydrogens (tertiary/aromatic N) is 1. The van der Waals surface area contributed by atoms with Crippen LogP contribution < -0.4 is 9.72 Å². The van der Waals surface area contributed by atoms with Crippen LogP contribution in [0.1, 0.15) is 5.56 Å². The fourth-order valence-electron chi connectivity index (χ4n) is 2.14. The summed E-state index contributed by atoms with van der Waals surface area (Å²) < 4.78 is 5.75. The number of benzene rings is 2. The molecule has 3 aromatic rings. The first kappa shape index (κ1) is 14.1. The molecule has 0 saturated heterocycles. The van der Waals surface area contributed by atoms with Crippen molar-refractivity contribution in [3.63, 3.8) is 0 Å². The lowest BCUT2D eigenvalue weighted by Gasteiger charge is -2.07. The third-order valence-corrected chi connectivity index (χ3v) is 3.50. The fraction of sp³-hybridized carbons (Fsp3) is 0. The highest BCUT2D eigenvalue weighted by molar-refractivity contribution is 6.31. The summed E-state index contributed by atoms with van der Waals surface area (Å²) in [5, 5.41) is 9.64. The molecule has 22 heavy (non-hydrogen) atoms. The Morgan fingerprint density at radius 2 is 1.59 bits per heavy atom. The van der Waals surface area contributed by atoms with Crippen molar-refractivity contribution >= 4 is 11.6 Å². The molecule has 0 saturated carbocycles. The first-order valence-corrected chi connectivity index (χ1v) is 7.09. The second-order valence-corrected chi connectivity index (χ2v) is 5.05. The van der Waals surface area contributed by atoms with Crippen LogP contribution in [0.5, 0.6) is 11.5 Å². The predicted octanol–water partition coefficient (Wildman–Crippen LogP) is 4.49. The molecule has 0 fully saturated rings. The third kappa shape index (κ3) is 2.93. The summed E-state index contributed by atoms with van der Waals surface area (Å²) in [6, 6.07) is 19.2. The van der Waals surface area contributed by atoms with Crippen LogP contribution in [-0.4, -0.2) is 0 Å². The van der Waals surface area contributed by atoms with Crippen molar-refractivity contribution in [1.82, 2.24) is 0 Å². The highest BCUT2D eigenvalue weighted by Crippen LogP contribution is 2.29. The number of ether oxygens (including phenoxy) is 1. The van der Waals surface area contributed by atoms with Crippen molar-refractivity contribution < 1.29 is 9.72 Å². The zero-order valence-electron chi connectivity index (χ0n) is 11.6. The van der Waals surface area contributed by atoms with E-state index in [9.17, 15) is 5.26 Å². The molecule has 0 amide bonds. The molecule has 106 valence electrons. The van der Waals surface area contributed by atoms with Gasteiger partial charge in [0.25, 0.3) is 0 Å². The molecule has 0 aliphatic heterocycles. The van der Waals surface area contributed by atoms with Crippen LogP contribution in [0.15, 0.2) is 67.0 Å². The standard InChI is InChI=1S/C18H11ClN2O/c19-18-12-21-11-17(16(18)10-20)13-6-8-15(9-7-13)22-14-4-2-1-3-5-14/h1-9,11-12H/p+1. The molecule has 0 aliphatic carbocycles. The van der Waals surface area contributed by atoms with Crippen molar-refractivity contribution in [1.29, 1.82) is 5.26 Å². The van der Waals surface area contributed by atoms with E-state index in [0.717, 1.165) is 22.6 Å². The number of hydrogen-bond donors (Lipinski definition) is 0. The molecule has 1 heterocycles. The van der Waals surface area contributed by atoms with Gasteiger partial charge in [0.15, 0.2) is 12.4 Å². The fourth-order valence-corrected chi connectivity index (χ4v) is 2.35. The number of nitriles is 1. The summed E-state index contributed by atoms with van der Waals surface area (Å²) in [6.07, 6.45) is 3.36. The molecule has 0 spiro atoms. The van der Waals surface area contributed by atoms with Gasteiger partial charge in [0.2, 0.25) is 0 Å². The molecule has 0 radical (unpaired) electrons. The van der Waals surface area contributed by atoms with Gasteiger partial charge < -0.3 is 4.74 Å². The zero-order chi connectivity index (χ0) is 15.4. The van der Waals surface area contributed by atoms with E-state index in [2.05, 4.69) is 11.1 Å². The highest BCUT2D eigenvalue weighted by Gasteiger charge is 2.12. The second-order valence-electron chi connectivity index (χ2n) is 4.64. The zero-order valence-corrected chi connectivity index (χ0v) is 12.3. The van der Waals surface area contributed by atoms with E-state index in [1.807, 2.05) is 54.6 Å². The lowest BCUT2D eigenvalue weighted by molar-refractivity contribution is -0.377. The summed E-state index contributed by atoms with van der Waals surface area (Å²) >= 11 is 6.04. The first-order valence-electron chi connectivity index (χ1n) is 6.71. The SMILES string of the molecule is N#Cc1c(Cl)c[nH+]cc1-c1ccc(Oc2ccccc2)cc1. The third-order valence-electron chi connectivity index (χ3n) is 3.20. The number of halogens is 1. The molecule has 3 nitrogen and oxygen atoms in total. The van der Waals surface area contributed by atoms with E-state index in [1.54, 1.807) is 12.4 Å². The van der Waals surface area contributed by atoms with Gasteiger partial charge in [-0.25, -0.2) is 4.98 Å². The van der Waals surface area contributed by atoms with Crippen LogP contribution >= 0.6 is 11.6 Å². The van der Waals surface area contributed by atoms with Gasteiger partial charge >= 0.3 is 0 Å². The minimum absolute atomic E-state index is 0.407. The predicted molar refractivity (Wildman–Crippen MR) is 84.7 cm³/mol. The van der Waals surface area contributed by atoms with E-state index in [-0.39, 0.29) is 0 Å². The maximum atomic E-state index is 9.24. The average Bonchev–Trinajstić information content (AvgIpc) is 2.56. The van der Waals surface area contributed by atoms with Crippen LogP contribution in [-0.2, 0) is 0 Å². The van der Waals surface area contributed by atoms with Gasteiger partial charge in [-0.05, 0) is 29.8 Å². The van der Waals surface area contributed by atoms with E-state index in [0.29, 0.717) is 10.6 Å². The number of nitrogens with one attached hydrogen (secondary N) is 1. The highest BCUT2D eigenvalue weighted by atomic mass is 35.5. The maximum absolute atomic E-state index is 9.24. The lowest BCUT2D eigenvalue weighted by Crippen LogP contribution is -2.02. The topological polar surface area (TPSA) is 47.2 Å². The number of aromatic nitrogens is 1. The van der Waals surface area contributed by atoms with Crippen molar-refractivity contribution in [3.8, 4) is 28.7 Å². The van der Waals surface area contributed by atoms with Gasteiger partial charge in [-0.1, -0.05) is 41.9 Å². The van der Waals surface area contributed by atoms with Gasteiger partial charge in [0.05, 0.1) is 11.1 Å². The van der Waals surface area contributed by atoms with E-state index < -0.39 is 0 Å². The van der Waals surface area contributed by atoms with Crippen LogP contribution in [0.4, 0.5) is 0 Å². The largest absolute Gasteiger partial charge is 0.457 e. The Balaban J connectivity index is 1.89. The van der Waals surface area contributed by atoms with Gasteiger partial charge in [0, 0.05) is 0 Å². The lowest BCUT2D eigenvalue weighted by atomic mass is 10.0. The number of aromatic amines is 1. The number of para-hydroxylation sites is 1. The minimum atomic E-state index is 0.407. The van der Waals surface area contributed by atoms with Crippen LogP contribution in [0.3, 0.4) is 0 Å². The molecular formula is C18H12ClN2O+. The molecule has 2 aromatic carbocycles. The molecule has 0 unspecified atom stereocenters. The second kappa shape index (κ2) is 6.30. The minimum Gasteiger partial charge on any atom is -0.457 e. The van der Waals surface area contributed by atoms with Gasteiger partial charge in [-0.15, -0.1) is 0 Å². The molecule has 0 aliphatic rings. The van der Waals surface area contributed by atoms with E-state index in [1.165, 1.54) is 0 Å². The molecule has 4 heteroatoms.